The highest BCUT2D eigenvalue weighted by Gasteiger charge is 2.30. The van der Waals surface area contributed by atoms with Crippen molar-refractivity contribution in [2.75, 3.05) is 26.2 Å². The lowest BCUT2D eigenvalue weighted by Crippen LogP contribution is -2.38. The molecule has 0 saturated carbocycles. The van der Waals surface area contributed by atoms with Gasteiger partial charge in [-0.05, 0) is 62.1 Å². The zero-order valence-corrected chi connectivity index (χ0v) is 16.4. The third kappa shape index (κ3) is 4.50. The molecular weight excluding hydrogens is 358 g/mol. The Morgan fingerprint density at radius 2 is 1.81 bits per heavy atom. The molecule has 0 bridgehead atoms. The van der Waals surface area contributed by atoms with Crippen molar-refractivity contribution in [2.24, 2.45) is 0 Å². The first-order valence-electron chi connectivity index (χ1n) is 9.91. The molecule has 5 heteroatoms. The molecule has 2 aliphatic heterocycles. The van der Waals surface area contributed by atoms with Gasteiger partial charge in [0.05, 0.1) is 18.3 Å². The van der Waals surface area contributed by atoms with Crippen LogP contribution in [0.3, 0.4) is 0 Å². The number of rotatable bonds is 5. The highest BCUT2D eigenvalue weighted by atomic mass is 35.5. The second-order valence-electron chi connectivity index (χ2n) is 7.57. The van der Waals surface area contributed by atoms with E-state index in [0.29, 0.717) is 6.54 Å². The standard InChI is InChI=1S/C22H26ClN3O/c23-18-10-8-17(9-11-18)15-19-5-3-6-20(24-19)21-7-4-14-26(21)16-22(27)25-12-1-2-13-25/h3,5-6,8-11,21H,1-2,4,7,12-16H2. The maximum atomic E-state index is 12.6. The van der Waals surface area contributed by atoms with Gasteiger partial charge in [0.1, 0.15) is 0 Å². The molecule has 0 N–H and O–H groups in total. The fourth-order valence-electron chi connectivity index (χ4n) is 4.18. The number of aromatic nitrogens is 1. The molecular formula is C22H26ClN3O. The summed E-state index contributed by atoms with van der Waals surface area (Å²) in [6, 6.07) is 14.5. The Balaban J connectivity index is 1.45. The van der Waals surface area contributed by atoms with Gasteiger partial charge in [0.15, 0.2) is 0 Å². The Kier molecular flexibility index (Phi) is 5.74. The summed E-state index contributed by atoms with van der Waals surface area (Å²) in [5, 5.41) is 0.754. The van der Waals surface area contributed by atoms with E-state index in [1.807, 2.05) is 29.2 Å². The highest BCUT2D eigenvalue weighted by molar-refractivity contribution is 6.30. The summed E-state index contributed by atoms with van der Waals surface area (Å²) in [5.74, 6) is 0.275. The summed E-state index contributed by atoms with van der Waals surface area (Å²) in [4.78, 5) is 21.8. The van der Waals surface area contributed by atoms with Crippen LogP contribution in [0, 0.1) is 0 Å². The van der Waals surface area contributed by atoms with Crippen LogP contribution in [-0.2, 0) is 11.2 Å². The summed E-state index contributed by atoms with van der Waals surface area (Å²) in [5.41, 5.74) is 3.36. The molecule has 2 aromatic rings. The zero-order valence-electron chi connectivity index (χ0n) is 15.6. The van der Waals surface area contributed by atoms with Gasteiger partial charge in [0.25, 0.3) is 0 Å². The number of hydrogen-bond donors (Lipinski definition) is 0. The largest absolute Gasteiger partial charge is 0.342 e. The Morgan fingerprint density at radius 3 is 2.59 bits per heavy atom. The molecule has 0 spiro atoms. The first-order chi connectivity index (χ1) is 13.2. The van der Waals surface area contributed by atoms with Crippen LogP contribution in [0.1, 0.15) is 48.7 Å². The Bertz CT molecular complexity index is 786. The summed E-state index contributed by atoms with van der Waals surface area (Å²) >= 11 is 5.98. The third-order valence-electron chi connectivity index (χ3n) is 5.63. The van der Waals surface area contributed by atoms with Crippen molar-refractivity contribution in [3.8, 4) is 0 Å². The predicted octanol–water partition coefficient (Wildman–Crippen LogP) is 4.09. The van der Waals surface area contributed by atoms with Crippen LogP contribution in [0.4, 0.5) is 0 Å². The van der Waals surface area contributed by atoms with Crippen LogP contribution in [0.2, 0.25) is 5.02 Å². The Morgan fingerprint density at radius 1 is 1.04 bits per heavy atom. The molecule has 0 radical (unpaired) electrons. The van der Waals surface area contributed by atoms with Crippen molar-refractivity contribution in [1.29, 1.82) is 0 Å². The lowest BCUT2D eigenvalue weighted by Gasteiger charge is -2.26. The lowest BCUT2D eigenvalue weighted by atomic mass is 10.1. The molecule has 4 nitrogen and oxygen atoms in total. The van der Waals surface area contributed by atoms with Crippen LogP contribution < -0.4 is 0 Å². The van der Waals surface area contributed by atoms with E-state index < -0.39 is 0 Å². The molecule has 2 saturated heterocycles. The monoisotopic (exact) mass is 383 g/mol. The predicted molar refractivity (Wildman–Crippen MR) is 108 cm³/mol. The van der Waals surface area contributed by atoms with Gasteiger partial charge >= 0.3 is 0 Å². The van der Waals surface area contributed by atoms with Gasteiger partial charge < -0.3 is 4.90 Å². The summed E-state index contributed by atoms with van der Waals surface area (Å²) in [6.45, 7) is 3.35. The van der Waals surface area contributed by atoms with E-state index in [4.69, 9.17) is 16.6 Å². The van der Waals surface area contributed by atoms with Gasteiger partial charge in [0, 0.05) is 30.2 Å². The second-order valence-corrected chi connectivity index (χ2v) is 8.01. The Hall–Kier alpha value is -1.91. The highest BCUT2D eigenvalue weighted by Crippen LogP contribution is 2.31. The summed E-state index contributed by atoms with van der Waals surface area (Å²) in [7, 11) is 0. The van der Waals surface area contributed by atoms with Gasteiger partial charge in [-0.25, -0.2) is 0 Å². The number of benzene rings is 1. The Labute approximate surface area is 166 Å². The maximum Gasteiger partial charge on any atom is 0.236 e. The van der Waals surface area contributed by atoms with Crippen LogP contribution in [-0.4, -0.2) is 46.9 Å². The molecule has 27 heavy (non-hydrogen) atoms. The van der Waals surface area contributed by atoms with E-state index in [2.05, 4.69) is 23.1 Å². The minimum absolute atomic E-state index is 0.252. The minimum atomic E-state index is 0.252. The van der Waals surface area contributed by atoms with Gasteiger partial charge in [0.2, 0.25) is 5.91 Å². The average Bonchev–Trinajstić information content (AvgIpc) is 3.36. The normalized spacial score (nSPS) is 20.3. The quantitative estimate of drug-likeness (QED) is 0.780. The number of nitrogens with zero attached hydrogens (tertiary/aromatic N) is 3. The van der Waals surface area contributed by atoms with Crippen LogP contribution >= 0.6 is 11.6 Å². The molecule has 1 aromatic carbocycles. The van der Waals surface area contributed by atoms with E-state index in [9.17, 15) is 4.79 Å². The number of carbonyl (C=O) groups excluding carboxylic acids is 1. The number of likely N-dealkylation sites (tertiary alicyclic amines) is 2. The number of hydrogen-bond acceptors (Lipinski definition) is 3. The first-order valence-corrected chi connectivity index (χ1v) is 10.3. The van der Waals surface area contributed by atoms with E-state index in [-0.39, 0.29) is 11.9 Å². The molecule has 1 unspecified atom stereocenters. The fourth-order valence-corrected chi connectivity index (χ4v) is 4.31. The van der Waals surface area contributed by atoms with Crippen LogP contribution in [0.5, 0.6) is 0 Å². The molecule has 2 fully saturated rings. The van der Waals surface area contributed by atoms with Gasteiger partial charge in [-0.15, -0.1) is 0 Å². The topological polar surface area (TPSA) is 36.4 Å². The van der Waals surface area contributed by atoms with Crippen LogP contribution in [0.25, 0.3) is 0 Å². The molecule has 3 heterocycles. The van der Waals surface area contributed by atoms with Crippen molar-refractivity contribution in [2.45, 2.75) is 38.1 Å². The molecule has 4 rings (SSSR count). The number of halogens is 1. The average molecular weight is 384 g/mol. The molecule has 1 atom stereocenters. The fraction of sp³-hybridized carbons (Fsp3) is 0.455. The van der Waals surface area contributed by atoms with Crippen molar-refractivity contribution < 1.29 is 4.79 Å². The van der Waals surface area contributed by atoms with Crippen molar-refractivity contribution in [1.82, 2.24) is 14.8 Å². The minimum Gasteiger partial charge on any atom is -0.342 e. The van der Waals surface area contributed by atoms with E-state index in [1.54, 1.807) is 0 Å². The number of amides is 1. The van der Waals surface area contributed by atoms with Crippen LogP contribution in [0.15, 0.2) is 42.5 Å². The third-order valence-corrected chi connectivity index (χ3v) is 5.88. The van der Waals surface area contributed by atoms with Gasteiger partial charge in [-0.2, -0.15) is 0 Å². The molecule has 1 aromatic heterocycles. The first kappa shape index (κ1) is 18.5. The molecule has 2 aliphatic rings. The molecule has 142 valence electrons. The smallest absolute Gasteiger partial charge is 0.236 e. The second kappa shape index (κ2) is 8.41. The van der Waals surface area contributed by atoms with Gasteiger partial charge in [-0.3, -0.25) is 14.7 Å². The summed E-state index contributed by atoms with van der Waals surface area (Å²) in [6.07, 6.45) is 5.28. The lowest BCUT2D eigenvalue weighted by molar-refractivity contribution is -0.131. The van der Waals surface area contributed by atoms with E-state index in [1.165, 1.54) is 5.56 Å². The molecule has 0 aliphatic carbocycles. The number of pyridine rings is 1. The maximum absolute atomic E-state index is 12.6. The van der Waals surface area contributed by atoms with E-state index in [0.717, 1.165) is 68.1 Å². The zero-order chi connectivity index (χ0) is 18.6. The van der Waals surface area contributed by atoms with Crippen molar-refractivity contribution in [3.05, 3.63) is 64.4 Å². The number of carbonyl (C=O) groups is 1. The summed E-state index contributed by atoms with van der Waals surface area (Å²) < 4.78 is 0. The SMILES string of the molecule is O=C(CN1CCCC1c1cccc(Cc2ccc(Cl)cc2)n1)N1CCCC1. The van der Waals surface area contributed by atoms with Crippen molar-refractivity contribution in [3.63, 3.8) is 0 Å². The van der Waals surface area contributed by atoms with E-state index >= 15 is 0 Å². The van der Waals surface area contributed by atoms with Crippen molar-refractivity contribution >= 4 is 17.5 Å². The van der Waals surface area contributed by atoms with Gasteiger partial charge in [-0.1, -0.05) is 29.8 Å². The molecule has 1 amide bonds.